The van der Waals surface area contributed by atoms with E-state index in [-0.39, 0.29) is 11.1 Å². The highest BCUT2D eigenvalue weighted by atomic mass is 35.5. The number of nitrogens with one attached hydrogen (secondary N) is 1. The average Bonchev–Trinajstić information content (AvgIpc) is 2.59. The van der Waals surface area contributed by atoms with Crippen molar-refractivity contribution in [2.45, 2.75) is 19.8 Å². The number of halogens is 1. The van der Waals surface area contributed by atoms with Crippen LogP contribution in [0.5, 0.6) is 0 Å². The molecule has 6 nitrogen and oxygen atoms in total. The number of amides is 1. The van der Waals surface area contributed by atoms with Gasteiger partial charge in [0.2, 0.25) is 0 Å². The minimum atomic E-state index is -1.16. The Balaban J connectivity index is 2.65. The first-order valence-corrected chi connectivity index (χ1v) is 5.41. The molecule has 2 aromatic heterocycles. The zero-order valence-corrected chi connectivity index (χ0v) is 10.1. The van der Waals surface area contributed by atoms with Crippen LogP contribution in [0, 0.1) is 0 Å². The minimum Gasteiger partial charge on any atom is -0.465 e. The summed E-state index contributed by atoms with van der Waals surface area (Å²) in [5, 5.41) is 15.3. The summed E-state index contributed by atoms with van der Waals surface area (Å²) in [7, 11) is 0. The monoisotopic (exact) mass is 254 g/mol. The maximum absolute atomic E-state index is 10.7. The predicted octanol–water partition coefficient (Wildman–Crippen LogP) is 2.60. The van der Waals surface area contributed by atoms with E-state index in [2.05, 4.69) is 15.4 Å². The summed E-state index contributed by atoms with van der Waals surface area (Å²) in [6.07, 6.45) is 0.499. The van der Waals surface area contributed by atoms with Gasteiger partial charge in [0, 0.05) is 6.07 Å². The molecule has 0 atom stereocenters. The average molecular weight is 255 g/mol. The number of carbonyl (C=O) groups is 1. The highest BCUT2D eigenvalue weighted by molar-refractivity contribution is 6.29. The van der Waals surface area contributed by atoms with Gasteiger partial charge in [0.1, 0.15) is 0 Å². The number of anilines is 1. The van der Waals surface area contributed by atoms with Crippen molar-refractivity contribution in [2.75, 3.05) is 5.32 Å². The summed E-state index contributed by atoms with van der Waals surface area (Å²) in [6.45, 7) is 3.99. The van der Waals surface area contributed by atoms with Crippen molar-refractivity contribution in [1.29, 1.82) is 0 Å². The number of carboxylic acid groups (broad SMARTS) is 1. The second-order valence-electron chi connectivity index (χ2n) is 3.88. The van der Waals surface area contributed by atoms with E-state index in [9.17, 15) is 4.79 Å². The van der Waals surface area contributed by atoms with Gasteiger partial charge in [-0.1, -0.05) is 25.4 Å². The Kier molecular flexibility index (Phi) is 2.89. The summed E-state index contributed by atoms with van der Waals surface area (Å²) in [5.74, 6) is 0.216. The van der Waals surface area contributed by atoms with Crippen molar-refractivity contribution in [3.05, 3.63) is 23.1 Å². The highest BCUT2D eigenvalue weighted by Crippen LogP contribution is 2.23. The topological polar surface area (TPSA) is 79.5 Å². The molecule has 0 aromatic carbocycles. The standard InChI is InChI=1S/C10H11ClN4O2/c1-5(2)7-4-12-9-6(13-10(16)17)3-8(11)14-15(7)9/h3-5,13H,1-2H3,(H,16,17). The van der Waals surface area contributed by atoms with E-state index >= 15 is 0 Å². The maximum Gasteiger partial charge on any atom is 0.409 e. The molecule has 2 rings (SSSR count). The van der Waals surface area contributed by atoms with Crippen molar-refractivity contribution in [1.82, 2.24) is 14.6 Å². The fourth-order valence-corrected chi connectivity index (χ4v) is 1.74. The first-order valence-electron chi connectivity index (χ1n) is 5.03. The second-order valence-corrected chi connectivity index (χ2v) is 4.27. The number of hydrogen-bond donors (Lipinski definition) is 2. The molecule has 17 heavy (non-hydrogen) atoms. The van der Waals surface area contributed by atoms with Crippen LogP contribution in [0.1, 0.15) is 25.5 Å². The van der Waals surface area contributed by atoms with Crippen molar-refractivity contribution < 1.29 is 9.90 Å². The lowest BCUT2D eigenvalue weighted by Gasteiger charge is -2.07. The van der Waals surface area contributed by atoms with Gasteiger partial charge >= 0.3 is 6.09 Å². The largest absolute Gasteiger partial charge is 0.465 e. The molecule has 7 heteroatoms. The number of fused-ring (bicyclic) bond motifs is 1. The molecule has 0 spiro atoms. The van der Waals surface area contributed by atoms with E-state index < -0.39 is 6.09 Å². The Morgan fingerprint density at radius 3 is 2.88 bits per heavy atom. The predicted molar refractivity (Wildman–Crippen MR) is 63.7 cm³/mol. The number of aromatic nitrogens is 3. The molecule has 0 fully saturated rings. The molecule has 90 valence electrons. The van der Waals surface area contributed by atoms with E-state index in [1.54, 1.807) is 10.7 Å². The Bertz CT molecular complexity index is 579. The normalized spacial score (nSPS) is 11.1. The molecule has 0 bridgehead atoms. The van der Waals surface area contributed by atoms with Gasteiger partial charge in [-0.25, -0.2) is 14.3 Å². The molecule has 0 radical (unpaired) electrons. The molecule has 0 unspecified atom stereocenters. The van der Waals surface area contributed by atoms with Crippen LogP contribution in [0.3, 0.4) is 0 Å². The molecule has 2 aromatic rings. The van der Waals surface area contributed by atoms with Crippen LogP contribution in [0.15, 0.2) is 12.3 Å². The second kappa shape index (κ2) is 4.21. The number of imidazole rings is 1. The lowest BCUT2D eigenvalue weighted by Crippen LogP contribution is -2.10. The molecule has 2 N–H and O–H groups in total. The summed E-state index contributed by atoms with van der Waals surface area (Å²) < 4.78 is 1.55. The van der Waals surface area contributed by atoms with Gasteiger partial charge in [-0.05, 0) is 5.92 Å². The van der Waals surface area contributed by atoms with Gasteiger partial charge in [0.15, 0.2) is 10.8 Å². The van der Waals surface area contributed by atoms with Gasteiger partial charge in [0.05, 0.1) is 17.6 Å². The molecule has 0 aliphatic carbocycles. The zero-order chi connectivity index (χ0) is 12.6. The lowest BCUT2D eigenvalue weighted by molar-refractivity contribution is 0.210. The van der Waals surface area contributed by atoms with Gasteiger partial charge < -0.3 is 5.11 Å². The SMILES string of the molecule is CC(C)c1cnc2c(NC(=O)O)cc(Cl)nn12. The number of nitrogens with zero attached hydrogens (tertiary/aromatic N) is 3. The van der Waals surface area contributed by atoms with Crippen LogP contribution in [-0.4, -0.2) is 25.8 Å². The van der Waals surface area contributed by atoms with Crippen LogP contribution in [0.25, 0.3) is 5.65 Å². The molecule has 2 heterocycles. The highest BCUT2D eigenvalue weighted by Gasteiger charge is 2.14. The van der Waals surface area contributed by atoms with E-state index in [1.807, 2.05) is 13.8 Å². The van der Waals surface area contributed by atoms with E-state index in [0.717, 1.165) is 5.69 Å². The fraction of sp³-hybridized carbons (Fsp3) is 0.300. The van der Waals surface area contributed by atoms with Crippen molar-refractivity contribution in [3.8, 4) is 0 Å². The molecule has 0 aliphatic rings. The van der Waals surface area contributed by atoms with Gasteiger partial charge in [-0.2, -0.15) is 5.10 Å². The van der Waals surface area contributed by atoms with Crippen LogP contribution < -0.4 is 5.32 Å². The van der Waals surface area contributed by atoms with Crippen molar-refractivity contribution in [3.63, 3.8) is 0 Å². The Labute approximate surface area is 102 Å². The molecule has 0 saturated heterocycles. The molecular formula is C10H11ClN4O2. The van der Waals surface area contributed by atoms with E-state index in [0.29, 0.717) is 11.3 Å². The first-order chi connectivity index (χ1) is 7.99. The fourth-order valence-electron chi connectivity index (χ4n) is 1.56. The van der Waals surface area contributed by atoms with Crippen molar-refractivity contribution in [2.24, 2.45) is 0 Å². The Morgan fingerprint density at radius 2 is 2.29 bits per heavy atom. The summed E-state index contributed by atoms with van der Waals surface area (Å²) in [5.41, 5.74) is 1.64. The zero-order valence-electron chi connectivity index (χ0n) is 9.31. The quantitative estimate of drug-likeness (QED) is 0.863. The molecule has 0 saturated carbocycles. The van der Waals surface area contributed by atoms with Gasteiger partial charge in [-0.3, -0.25) is 5.32 Å². The number of hydrogen-bond acceptors (Lipinski definition) is 3. The van der Waals surface area contributed by atoms with Crippen molar-refractivity contribution >= 4 is 29.0 Å². The number of rotatable bonds is 2. The summed E-state index contributed by atoms with van der Waals surface area (Å²) >= 11 is 5.85. The van der Waals surface area contributed by atoms with Crippen LogP contribution in [0.4, 0.5) is 10.5 Å². The summed E-state index contributed by atoms with van der Waals surface area (Å²) in [6, 6.07) is 1.43. The van der Waals surface area contributed by atoms with E-state index in [4.69, 9.17) is 16.7 Å². The van der Waals surface area contributed by atoms with Gasteiger partial charge in [0.25, 0.3) is 0 Å². The lowest BCUT2D eigenvalue weighted by atomic mass is 10.2. The van der Waals surface area contributed by atoms with Crippen LogP contribution in [0.2, 0.25) is 5.15 Å². The molecule has 1 amide bonds. The van der Waals surface area contributed by atoms with Crippen LogP contribution in [-0.2, 0) is 0 Å². The summed E-state index contributed by atoms with van der Waals surface area (Å²) in [4.78, 5) is 14.8. The Hall–Kier alpha value is -1.82. The minimum absolute atomic E-state index is 0.209. The third-order valence-corrected chi connectivity index (χ3v) is 2.48. The third kappa shape index (κ3) is 2.16. The Morgan fingerprint density at radius 1 is 1.59 bits per heavy atom. The van der Waals surface area contributed by atoms with E-state index in [1.165, 1.54) is 6.07 Å². The molecular weight excluding hydrogens is 244 g/mol. The maximum atomic E-state index is 10.7. The third-order valence-electron chi connectivity index (χ3n) is 2.30. The van der Waals surface area contributed by atoms with Gasteiger partial charge in [-0.15, -0.1) is 0 Å². The first kappa shape index (κ1) is 11.7. The van der Waals surface area contributed by atoms with Crippen LogP contribution >= 0.6 is 11.6 Å². The smallest absolute Gasteiger partial charge is 0.409 e. The molecule has 0 aliphatic heterocycles.